The molecule has 1 unspecified atom stereocenters. The zero-order chi connectivity index (χ0) is 15.6. The standard InChI is InChI=1S/C16H18ClN3O/c1-10(11-4-3-5-13(17)8-11)20(2)15-9-12(16(19)21)6-7-14(15)18/h3-10H,18H2,1-2H3,(H2,19,21). The van der Waals surface area contributed by atoms with Crippen LogP contribution in [0.4, 0.5) is 11.4 Å². The monoisotopic (exact) mass is 303 g/mol. The van der Waals surface area contributed by atoms with E-state index in [9.17, 15) is 4.79 Å². The molecular weight excluding hydrogens is 286 g/mol. The topological polar surface area (TPSA) is 72.3 Å². The highest BCUT2D eigenvalue weighted by atomic mass is 35.5. The molecule has 1 atom stereocenters. The second-order valence-corrected chi connectivity index (χ2v) is 5.42. The molecule has 1 amide bonds. The molecule has 5 heteroatoms. The Morgan fingerprint density at radius 2 is 1.95 bits per heavy atom. The Bertz CT molecular complexity index is 672. The molecule has 2 aromatic carbocycles. The molecule has 2 rings (SSSR count). The lowest BCUT2D eigenvalue weighted by atomic mass is 10.1. The maximum Gasteiger partial charge on any atom is 0.248 e. The Hall–Kier alpha value is -2.20. The summed E-state index contributed by atoms with van der Waals surface area (Å²) in [6.07, 6.45) is 0. The van der Waals surface area contributed by atoms with Crippen molar-refractivity contribution in [2.75, 3.05) is 17.7 Å². The van der Waals surface area contributed by atoms with Crippen LogP contribution in [0.2, 0.25) is 5.02 Å². The molecule has 0 fully saturated rings. The summed E-state index contributed by atoms with van der Waals surface area (Å²) in [5, 5.41) is 0.687. The number of hydrogen-bond donors (Lipinski definition) is 2. The Morgan fingerprint density at radius 1 is 1.24 bits per heavy atom. The van der Waals surface area contributed by atoms with E-state index in [1.54, 1.807) is 18.2 Å². The summed E-state index contributed by atoms with van der Waals surface area (Å²) in [5.74, 6) is -0.472. The normalized spacial score (nSPS) is 12.0. The molecule has 0 aliphatic heterocycles. The fourth-order valence-corrected chi connectivity index (χ4v) is 2.40. The zero-order valence-electron chi connectivity index (χ0n) is 12.0. The van der Waals surface area contributed by atoms with Gasteiger partial charge in [0.2, 0.25) is 5.91 Å². The van der Waals surface area contributed by atoms with Crippen LogP contribution in [-0.4, -0.2) is 13.0 Å². The molecule has 21 heavy (non-hydrogen) atoms. The van der Waals surface area contributed by atoms with Crippen molar-refractivity contribution < 1.29 is 4.79 Å². The lowest BCUT2D eigenvalue weighted by Crippen LogP contribution is -2.23. The Kier molecular flexibility index (Phi) is 4.38. The number of nitrogens with zero attached hydrogens (tertiary/aromatic N) is 1. The summed E-state index contributed by atoms with van der Waals surface area (Å²) in [7, 11) is 1.92. The van der Waals surface area contributed by atoms with Crippen molar-refractivity contribution in [1.82, 2.24) is 0 Å². The average Bonchev–Trinajstić information content (AvgIpc) is 2.46. The van der Waals surface area contributed by atoms with Gasteiger partial charge < -0.3 is 16.4 Å². The van der Waals surface area contributed by atoms with E-state index in [1.807, 2.05) is 43.1 Å². The molecule has 0 spiro atoms. The van der Waals surface area contributed by atoms with Crippen LogP contribution >= 0.6 is 11.6 Å². The van der Waals surface area contributed by atoms with Crippen molar-refractivity contribution in [2.45, 2.75) is 13.0 Å². The molecule has 0 saturated carbocycles. The third-order valence-corrected chi connectivity index (χ3v) is 3.84. The number of carbonyl (C=O) groups is 1. The molecule has 0 aliphatic carbocycles. The number of rotatable bonds is 4. The van der Waals surface area contributed by atoms with Crippen molar-refractivity contribution in [1.29, 1.82) is 0 Å². The molecule has 0 aromatic heterocycles. The molecular formula is C16H18ClN3O. The van der Waals surface area contributed by atoms with Gasteiger partial charge in [-0.3, -0.25) is 4.79 Å². The Morgan fingerprint density at radius 3 is 2.57 bits per heavy atom. The highest BCUT2D eigenvalue weighted by Crippen LogP contribution is 2.31. The third kappa shape index (κ3) is 3.28. The van der Waals surface area contributed by atoms with Crippen LogP contribution in [0.25, 0.3) is 0 Å². The summed E-state index contributed by atoms with van der Waals surface area (Å²) in [5.41, 5.74) is 14.2. The molecule has 0 bridgehead atoms. The number of nitrogens with two attached hydrogens (primary N) is 2. The number of nitrogen functional groups attached to an aromatic ring is 1. The second-order valence-electron chi connectivity index (χ2n) is 4.98. The van der Waals surface area contributed by atoms with Crippen molar-refractivity contribution in [3.63, 3.8) is 0 Å². The van der Waals surface area contributed by atoms with E-state index in [0.717, 1.165) is 11.3 Å². The van der Waals surface area contributed by atoms with Crippen molar-refractivity contribution in [3.05, 3.63) is 58.6 Å². The largest absolute Gasteiger partial charge is 0.397 e. The van der Waals surface area contributed by atoms with Gasteiger partial charge in [-0.05, 0) is 42.8 Å². The summed E-state index contributed by atoms with van der Waals surface area (Å²) >= 11 is 6.03. The van der Waals surface area contributed by atoms with E-state index in [-0.39, 0.29) is 6.04 Å². The van der Waals surface area contributed by atoms with Crippen LogP contribution in [0.1, 0.15) is 28.9 Å². The number of amides is 1. The molecule has 0 radical (unpaired) electrons. The minimum atomic E-state index is -0.472. The average molecular weight is 304 g/mol. The van der Waals surface area contributed by atoms with Gasteiger partial charge in [-0.15, -0.1) is 0 Å². The van der Waals surface area contributed by atoms with Crippen LogP contribution in [-0.2, 0) is 0 Å². The van der Waals surface area contributed by atoms with E-state index in [4.69, 9.17) is 23.1 Å². The van der Waals surface area contributed by atoms with Crippen LogP contribution < -0.4 is 16.4 Å². The summed E-state index contributed by atoms with van der Waals surface area (Å²) in [6, 6.07) is 12.7. The minimum absolute atomic E-state index is 0.0501. The van der Waals surface area contributed by atoms with Crippen molar-refractivity contribution in [2.24, 2.45) is 5.73 Å². The minimum Gasteiger partial charge on any atom is -0.397 e. The summed E-state index contributed by atoms with van der Waals surface area (Å²) in [6.45, 7) is 2.04. The maximum atomic E-state index is 11.3. The smallest absolute Gasteiger partial charge is 0.248 e. The van der Waals surface area contributed by atoms with E-state index < -0.39 is 5.91 Å². The molecule has 0 heterocycles. The lowest BCUT2D eigenvalue weighted by molar-refractivity contribution is 0.100. The first kappa shape index (κ1) is 15.2. The zero-order valence-corrected chi connectivity index (χ0v) is 12.8. The molecule has 0 saturated heterocycles. The van der Waals surface area contributed by atoms with Gasteiger partial charge in [0, 0.05) is 17.6 Å². The Balaban J connectivity index is 2.37. The first-order valence-corrected chi connectivity index (χ1v) is 6.95. The van der Waals surface area contributed by atoms with Gasteiger partial charge in [0.15, 0.2) is 0 Å². The maximum absolute atomic E-state index is 11.3. The highest BCUT2D eigenvalue weighted by molar-refractivity contribution is 6.30. The van der Waals surface area contributed by atoms with E-state index >= 15 is 0 Å². The van der Waals surface area contributed by atoms with Crippen LogP contribution in [0.5, 0.6) is 0 Å². The number of primary amides is 1. The molecule has 4 N–H and O–H groups in total. The molecule has 2 aromatic rings. The Labute approximate surface area is 129 Å². The van der Waals surface area contributed by atoms with E-state index in [1.165, 1.54) is 0 Å². The van der Waals surface area contributed by atoms with E-state index in [0.29, 0.717) is 16.3 Å². The van der Waals surface area contributed by atoms with Gasteiger partial charge in [0.05, 0.1) is 17.4 Å². The first-order chi connectivity index (χ1) is 9.90. The predicted molar refractivity (Wildman–Crippen MR) is 87.6 cm³/mol. The fourth-order valence-electron chi connectivity index (χ4n) is 2.20. The summed E-state index contributed by atoms with van der Waals surface area (Å²) in [4.78, 5) is 13.3. The van der Waals surface area contributed by atoms with Gasteiger partial charge in [-0.2, -0.15) is 0 Å². The van der Waals surface area contributed by atoms with E-state index in [2.05, 4.69) is 0 Å². The van der Waals surface area contributed by atoms with Crippen molar-refractivity contribution in [3.8, 4) is 0 Å². The highest BCUT2D eigenvalue weighted by Gasteiger charge is 2.16. The number of halogens is 1. The van der Waals surface area contributed by atoms with Gasteiger partial charge >= 0.3 is 0 Å². The third-order valence-electron chi connectivity index (χ3n) is 3.61. The number of anilines is 2. The number of hydrogen-bond acceptors (Lipinski definition) is 3. The van der Waals surface area contributed by atoms with Gasteiger partial charge in [0.25, 0.3) is 0 Å². The molecule has 4 nitrogen and oxygen atoms in total. The van der Waals surface area contributed by atoms with Gasteiger partial charge in [0.1, 0.15) is 0 Å². The second kappa shape index (κ2) is 6.06. The van der Waals surface area contributed by atoms with Crippen LogP contribution in [0, 0.1) is 0 Å². The number of carbonyl (C=O) groups excluding carboxylic acids is 1. The SMILES string of the molecule is CC(c1cccc(Cl)c1)N(C)c1cc(C(N)=O)ccc1N. The molecule has 0 aliphatic rings. The van der Waals surface area contributed by atoms with Gasteiger partial charge in [-0.1, -0.05) is 23.7 Å². The quantitative estimate of drug-likeness (QED) is 0.852. The first-order valence-electron chi connectivity index (χ1n) is 6.57. The number of benzene rings is 2. The van der Waals surface area contributed by atoms with Crippen LogP contribution in [0.3, 0.4) is 0 Å². The van der Waals surface area contributed by atoms with Crippen LogP contribution in [0.15, 0.2) is 42.5 Å². The summed E-state index contributed by atoms with van der Waals surface area (Å²) < 4.78 is 0. The van der Waals surface area contributed by atoms with Crippen molar-refractivity contribution >= 4 is 28.9 Å². The predicted octanol–water partition coefficient (Wildman–Crippen LogP) is 3.22. The lowest BCUT2D eigenvalue weighted by Gasteiger charge is -2.29. The fraction of sp³-hybridized carbons (Fsp3) is 0.188. The molecule has 110 valence electrons. The van der Waals surface area contributed by atoms with Gasteiger partial charge in [-0.25, -0.2) is 0 Å².